The fraction of sp³-hybridized carbons (Fsp3) is 0.308. The van der Waals surface area contributed by atoms with Crippen molar-refractivity contribution >= 4 is 11.9 Å². The summed E-state index contributed by atoms with van der Waals surface area (Å²) in [6.07, 6.45) is 0. The van der Waals surface area contributed by atoms with Crippen molar-refractivity contribution in [1.82, 2.24) is 25.1 Å². The maximum Gasteiger partial charge on any atom is 0.322 e. The smallest absolute Gasteiger partial charge is 0.322 e. The standard InChI is InChI=1S/C13H14N6O3/c1-4-19-9(5-7(2)17-19)11(20)14-13-16-15-12(21-13)10-6-8(3)18-22-10/h5-6H,4H2,1-3H3,(H,14,16,20). The summed E-state index contributed by atoms with van der Waals surface area (Å²) < 4.78 is 12.0. The Kier molecular flexibility index (Phi) is 3.45. The highest BCUT2D eigenvalue weighted by Gasteiger charge is 2.18. The van der Waals surface area contributed by atoms with E-state index in [0.29, 0.717) is 23.7 Å². The van der Waals surface area contributed by atoms with Crippen LogP contribution in [0.25, 0.3) is 11.7 Å². The van der Waals surface area contributed by atoms with Crippen LogP contribution in [0.3, 0.4) is 0 Å². The average molecular weight is 302 g/mol. The fourth-order valence-electron chi connectivity index (χ4n) is 1.97. The lowest BCUT2D eigenvalue weighted by Crippen LogP contribution is -2.17. The van der Waals surface area contributed by atoms with Crippen molar-refractivity contribution in [2.24, 2.45) is 0 Å². The minimum Gasteiger partial charge on any atom is -0.400 e. The Bertz CT molecular complexity index is 815. The molecule has 0 atom stereocenters. The summed E-state index contributed by atoms with van der Waals surface area (Å²) in [6.45, 7) is 6.09. The van der Waals surface area contributed by atoms with E-state index in [0.717, 1.165) is 5.69 Å². The van der Waals surface area contributed by atoms with Crippen LogP contribution >= 0.6 is 0 Å². The molecular formula is C13H14N6O3. The first-order chi connectivity index (χ1) is 10.6. The molecule has 0 aliphatic rings. The Morgan fingerprint density at radius 1 is 1.27 bits per heavy atom. The number of aromatic nitrogens is 5. The highest BCUT2D eigenvalue weighted by atomic mass is 16.5. The van der Waals surface area contributed by atoms with Gasteiger partial charge in [0.05, 0.1) is 11.4 Å². The molecule has 9 heteroatoms. The maximum atomic E-state index is 12.2. The van der Waals surface area contributed by atoms with Gasteiger partial charge in [-0.25, -0.2) is 0 Å². The molecule has 0 radical (unpaired) electrons. The predicted octanol–water partition coefficient (Wildman–Crippen LogP) is 1.81. The number of rotatable bonds is 4. The van der Waals surface area contributed by atoms with Crippen molar-refractivity contribution < 1.29 is 13.7 Å². The maximum absolute atomic E-state index is 12.2. The second kappa shape index (κ2) is 5.43. The van der Waals surface area contributed by atoms with Gasteiger partial charge in [0.1, 0.15) is 5.69 Å². The largest absolute Gasteiger partial charge is 0.400 e. The molecule has 0 aliphatic carbocycles. The molecule has 0 aliphatic heterocycles. The van der Waals surface area contributed by atoms with Crippen molar-refractivity contribution in [1.29, 1.82) is 0 Å². The van der Waals surface area contributed by atoms with Crippen molar-refractivity contribution in [3.8, 4) is 11.7 Å². The van der Waals surface area contributed by atoms with E-state index in [2.05, 4.69) is 25.8 Å². The van der Waals surface area contributed by atoms with Gasteiger partial charge in [-0.1, -0.05) is 10.3 Å². The van der Waals surface area contributed by atoms with E-state index in [1.807, 2.05) is 13.8 Å². The lowest BCUT2D eigenvalue weighted by molar-refractivity contribution is 0.101. The second-order valence-corrected chi connectivity index (χ2v) is 4.69. The molecule has 0 aromatic carbocycles. The van der Waals surface area contributed by atoms with E-state index >= 15 is 0 Å². The third kappa shape index (κ3) is 2.60. The number of amides is 1. The van der Waals surface area contributed by atoms with Gasteiger partial charge in [-0.15, -0.1) is 5.10 Å². The van der Waals surface area contributed by atoms with Gasteiger partial charge in [-0.3, -0.25) is 14.8 Å². The molecule has 0 saturated heterocycles. The third-order valence-electron chi connectivity index (χ3n) is 2.92. The average Bonchev–Trinajstić information content (AvgIpc) is 3.18. The Morgan fingerprint density at radius 3 is 2.77 bits per heavy atom. The summed E-state index contributed by atoms with van der Waals surface area (Å²) in [5.74, 6) is 0.127. The molecule has 1 N–H and O–H groups in total. The Morgan fingerprint density at radius 2 is 2.09 bits per heavy atom. The van der Waals surface area contributed by atoms with Crippen molar-refractivity contribution in [3.63, 3.8) is 0 Å². The molecule has 9 nitrogen and oxygen atoms in total. The van der Waals surface area contributed by atoms with E-state index in [4.69, 9.17) is 8.94 Å². The first-order valence-electron chi connectivity index (χ1n) is 6.70. The van der Waals surface area contributed by atoms with Crippen molar-refractivity contribution in [3.05, 3.63) is 29.2 Å². The van der Waals surface area contributed by atoms with Crippen LogP contribution in [0.4, 0.5) is 6.01 Å². The molecule has 3 heterocycles. The molecule has 0 fully saturated rings. The molecule has 0 spiro atoms. The molecular weight excluding hydrogens is 288 g/mol. The molecule has 22 heavy (non-hydrogen) atoms. The molecule has 3 rings (SSSR count). The van der Waals surface area contributed by atoms with E-state index in [1.54, 1.807) is 23.7 Å². The van der Waals surface area contributed by atoms with Crippen LogP contribution in [0, 0.1) is 13.8 Å². The first kappa shape index (κ1) is 14.0. The zero-order valence-corrected chi connectivity index (χ0v) is 12.3. The van der Waals surface area contributed by atoms with E-state index in [1.165, 1.54) is 0 Å². The van der Waals surface area contributed by atoms with E-state index < -0.39 is 0 Å². The van der Waals surface area contributed by atoms with Crippen LogP contribution < -0.4 is 5.32 Å². The Balaban J connectivity index is 1.78. The second-order valence-electron chi connectivity index (χ2n) is 4.69. The number of carbonyl (C=O) groups is 1. The Hall–Kier alpha value is -2.97. The van der Waals surface area contributed by atoms with Crippen molar-refractivity contribution in [2.75, 3.05) is 5.32 Å². The van der Waals surface area contributed by atoms with Crippen molar-refractivity contribution in [2.45, 2.75) is 27.3 Å². The summed E-state index contributed by atoms with van der Waals surface area (Å²) >= 11 is 0. The third-order valence-corrected chi connectivity index (χ3v) is 2.92. The highest BCUT2D eigenvalue weighted by molar-refractivity contribution is 6.01. The monoisotopic (exact) mass is 302 g/mol. The number of aryl methyl sites for hydroxylation is 3. The lowest BCUT2D eigenvalue weighted by atomic mass is 10.3. The first-order valence-corrected chi connectivity index (χ1v) is 6.70. The normalized spacial score (nSPS) is 10.9. The minimum atomic E-state index is -0.369. The van der Waals surface area contributed by atoms with Gasteiger partial charge in [0, 0.05) is 12.6 Å². The summed E-state index contributed by atoms with van der Waals surface area (Å²) in [6, 6.07) is 3.33. The lowest BCUT2D eigenvalue weighted by Gasteiger charge is -2.02. The number of nitrogens with one attached hydrogen (secondary N) is 1. The number of nitrogens with zero attached hydrogens (tertiary/aromatic N) is 5. The van der Waals surface area contributed by atoms with Crippen LogP contribution in [-0.4, -0.2) is 31.0 Å². The minimum absolute atomic E-state index is 0.0180. The summed E-state index contributed by atoms with van der Waals surface area (Å²) in [4.78, 5) is 12.2. The van der Waals surface area contributed by atoms with Crippen LogP contribution in [0.15, 0.2) is 21.1 Å². The van der Waals surface area contributed by atoms with Gasteiger partial charge in [-0.05, 0) is 26.8 Å². The van der Waals surface area contributed by atoms with Gasteiger partial charge in [0.2, 0.25) is 5.76 Å². The summed E-state index contributed by atoms with van der Waals surface area (Å²) in [5.41, 5.74) is 1.88. The summed E-state index contributed by atoms with van der Waals surface area (Å²) in [5, 5.41) is 18.1. The van der Waals surface area contributed by atoms with Gasteiger partial charge in [0.25, 0.3) is 11.8 Å². The quantitative estimate of drug-likeness (QED) is 0.782. The van der Waals surface area contributed by atoms with E-state index in [9.17, 15) is 4.79 Å². The van der Waals surface area contributed by atoms with Crippen LogP contribution in [-0.2, 0) is 6.54 Å². The Labute approximate surface area is 125 Å². The molecule has 0 saturated carbocycles. The SMILES string of the molecule is CCn1nc(C)cc1C(=O)Nc1nnc(-c2cc(C)no2)o1. The molecule has 3 aromatic rings. The van der Waals surface area contributed by atoms with E-state index in [-0.39, 0.29) is 17.8 Å². The van der Waals surface area contributed by atoms with Gasteiger partial charge < -0.3 is 8.94 Å². The number of hydrogen-bond acceptors (Lipinski definition) is 7. The van der Waals surface area contributed by atoms with Gasteiger partial charge >= 0.3 is 6.01 Å². The van der Waals surface area contributed by atoms with Crippen LogP contribution in [0.2, 0.25) is 0 Å². The highest BCUT2D eigenvalue weighted by Crippen LogP contribution is 2.20. The van der Waals surface area contributed by atoms with Gasteiger partial charge in [-0.2, -0.15) is 5.10 Å². The molecule has 114 valence electrons. The number of hydrogen-bond donors (Lipinski definition) is 1. The van der Waals surface area contributed by atoms with Gasteiger partial charge in [0.15, 0.2) is 0 Å². The number of anilines is 1. The zero-order valence-electron chi connectivity index (χ0n) is 12.3. The summed E-state index contributed by atoms with van der Waals surface area (Å²) in [7, 11) is 0. The molecule has 0 bridgehead atoms. The molecule has 3 aromatic heterocycles. The predicted molar refractivity (Wildman–Crippen MR) is 75.1 cm³/mol. The number of carbonyl (C=O) groups excluding carboxylic acids is 1. The van der Waals surface area contributed by atoms with Crippen LogP contribution in [0.5, 0.6) is 0 Å². The fourth-order valence-corrected chi connectivity index (χ4v) is 1.97. The van der Waals surface area contributed by atoms with Crippen LogP contribution in [0.1, 0.15) is 28.8 Å². The molecule has 1 amide bonds. The molecule has 0 unspecified atom stereocenters. The topological polar surface area (TPSA) is 112 Å². The zero-order chi connectivity index (χ0) is 15.7.